The van der Waals surface area contributed by atoms with Gasteiger partial charge in [-0.15, -0.1) is 0 Å². The third-order valence-electron chi connectivity index (χ3n) is 8.35. The Balaban J connectivity index is 1.37. The van der Waals surface area contributed by atoms with E-state index in [0.29, 0.717) is 46.6 Å². The molecule has 2 unspecified atom stereocenters. The average molecular weight is 597 g/mol. The van der Waals surface area contributed by atoms with Crippen molar-refractivity contribution in [2.75, 3.05) is 11.9 Å². The van der Waals surface area contributed by atoms with E-state index in [4.69, 9.17) is 9.26 Å². The molecule has 3 atom stereocenters. The highest BCUT2D eigenvalue weighted by Gasteiger charge is 2.58. The predicted octanol–water partition coefficient (Wildman–Crippen LogP) is 5.16. The molecule has 0 saturated heterocycles. The van der Waals surface area contributed by atoms with Gasteiger partial charge < -0.3 is 19.7 Å². The number of carbonyl (C=O) groups is 1. The maximum atomic E-state index is 15.3. The SMILES string of the molecule is Cc1n[nH]c(C)c1-c1ncc(NC(=O)[C@@H](NC(O)c2conc2C(C)C)C2c3cc(F)c(F)cc3OCC23CC3)cc1F. The first-order valence-electron chi connectivity index (χ1n) is 14.0. The van der Waals surface area contributed by atoms with Crippen molar-refractivity contribution in [2.45, 2.75) is 64.6 Å². The van der Waals surface area contributed by atoms with Gasteiger partial charge in [-0.25, -0.2) is 13.2 Å². The van der Waals surface area contributed by atoms with Crippen LogP contribution in [-0.2, 0) is 4.79 Å². The molecular weight excluding hydrogens is 565 g/mol. The van der Waals surface area contributed by atoms with Crippen molar-refractivity contribution in [3.05, 3.63) is 76.3 Å². The maximum absolute atomic E-state index is 15.3. The molecule has 1 aliphatic carbocycles. The number of halogens is 3. The average Bonchev–Trinajstić information content (AvgIpc) is 3.38. The van der Waals surface area contributed by atoms with Crippen LogP contribution in [0, 0.1) is 36.7 Å². The second-order valence-electron chi connectivity index (χ2n) is 11.6. The van der Waals surface area contributed by atoms with Crippen LogP contribution in [0.3, 0.4) is 0 Å². The first-order valence-corrected chi connectivity index (χ1v) is 14.0. The van der Waals surface area contributed by atoms with Crippen LogP contribution in [0.4, 0.5) is 18.9 Å². The van der Waals surface area contributed by atoms with Crippen molar-refractivity contribution in [3.8, 4) is 17.0 Å². The number of nitrogens with one attached hydrogen (secondary N) is 3. The zero-order valence-corrected chi connectivity index (χ0v) is 24.0. The van der Waals surface area contributed by atoms with E-state index in [1.165, 1.54) is 12.5 Å². The molecule has 4 aromatic rings. The number of hydrogen-bond acceptors (Lipinski definition) is 8. The minimum Gasteiger partial charge on any atom is -0.493 e. The van der Waals surface area contributed by atoms with Gasteiger partial charge in [0.25, 0.3) is 0 Å². The number of amides is 1. The lowest BCUT2D eigenvalue weighted by Crippen LogP contribution is -2.51. The van der Waals surface area contributed by atoms with E-state index in [0.717, 1.165) is 18.2 Å². The molecule has 1 saturated carbocycles. The van der Waals surface area contributed by atoms with Gasteiger partial charge in [-0.2, -0.15) is 5.10 Å². The molecular formula is C30H31F3N6O4. The van der Waals surface area contributed by atoms with Crippen molar-refractivity contribution in [3.63, 3.8) is 0 Å². The zero-order chi connectivity index (χ0) is 30.6. The highest BCUT2D eigenvalue weighted by molar-refractivity contribution is 5.96. The van der Waals surface area contributed by atoms with Crippen molar-refractivity contribution >= 4 is 11.6 Å². The van der Waals surface area contributed by atoms with E-state index >= 15 is 4.39 Å². The van der Waals surface area contributed by atoms with Gasteiger partial charge in [0.05, 0.1) is 41.5 Å². The number of aromatic amines is 1. The van der Waals surface area contributed by atoms with E-state index in [9.17, 15) is 18.7 Å². The lowest BCUT2D eigenvalue weighted by molar-refractivity contribution is -0.120. The summed E-state index contributed by atoms with van der Waals surface area (Å²) in [6.45, 7) is 7.41. The Hall–Kier alpha value is -4.23. The van der Waals surface area contributed by atoms with Crippen molar-refractivity contribution < 1.29 is 32.3 Å². The third kappa shape index (κ3) is 5.16. The van der Waals surface area contributed by atoms with Crippen LogP contribution in [0.2, 0.25) is 0 Å². The minimum atomic E-state index is -1.41. The van der Waals surface area contributed by atoms with Crippen molar-refractivity contribution in [2.24, 2.45) is 5.41 Å². The Bertz CT molecular complexity index is 1680. The Morgan fingerprint density at radius 3 is 2.53 bits per heavy atom. The molecule has 226 valence electrons. The second kappa shape index (κ2) is 10.8. The molecule has 1 spiro atoms. The summed E-state index contributed by atoms with van der Waals surface area (Å²) < 4.78 is 54.9. The summed E-state index contributed by atoms with van der Waals surface area (Å²) in [4.78, 5) is 18.3. The molecule has 1 fully saturated rings. The van der Waals surface area contributed by atoms with Crippen LogP contribution in [0.1, 0.15) is 73.0 Å². The normalized spacial score (nSPS) is 18.3. The molecule has 4 heterocycles. The molecule has 3 aromatic heterocycles. The van der Waals surface area contributed by atoms with Crippen molar-refractivity contribution in [1.82, 2.24) is 25.7 Å². The minimum absolute atomic E-state index is 0.0709. The molecule has 4 N–H and O–H groups in total. The first-order chi connectivity index (χ1) is 20.5. The Kier molecular flexibility index (Phi) is 7.25. The van der Waals surface area contributed by atoms with Gasteiger partial charge in [0.1, 0.15) is 23.9 Å². The number of hydrogen-bond donors (Lipinski definition) is 4. The number of H-pyrrole nitrogens is 1. The smallest absolute Gasteiger partial charge is 0.242 e. The number of pyridine rings is 1. The van der Waals surface area contributed by atoms with Gasteiger partial charge in [0.2, 0.25) is 5.91 Å². The summed E-state index contributed by atoms with van der Waals surface area (Å²) >= 11 is 0. The van der Waals surface area contributed by atoms with Crippen LogP contribution < -0.4 is 15.4 Å². The van der Waals surface area contributed by atoms with E-state index < -0.39 is 47.0 Å². The van der Waals surface area contributed by atoms with Gasteiger partial charge in [0.15, 0.2) is 17.5 Å². The summed E-state index contributed by atoms with van der Waals surface area (Å²) in [6.07, 6.45) is 2.54. The van der Waals surface area contributed by atoms with Gasteiger partial charge in [-0.3, -0.25) is 20.2 Å². The van der Waals surface area contributed by atoms with Crippen LogP contribution in [-0.4, -0.2) is 44.0 Å². The van der Waals surface area contributed by atoms with Gasteiger partial charge in [-0.1, -0.05) is 19.0 Å². The highest BCUT2D eigenvalue weighted by Crippen LogP contribution is 2.61. The lowest BCUT2D eigenvalue weighted by atomic mass is 9.75. The van der Waals surface area contributed by atoms with Gasteiger partial charge >= 0.3 is 0 Å². The van der Waals surface area contributed by atoms with Gasteiger partial charge in [0, 0.05) is 40.3 Å². The molecule has 1 aromatic carbocycles. The quantitative estimate of drug-likeness (QED) is 0.205. The summed E-state index contributed by atoms with van der Waals surface area (Å²) in [7, 11) is 0. The summed E-state index contributed by atoms with van der Waals surface area (Å²) in [5, 5.41) is 27.8. The number of aromatic nitrogens is 4. The molecule has 1 aliphatic heterocycles. The molecule has 1 amide bonds. The van der Waals surface area contributed by atoms with Crippen molar-refractivity contribution in [1.29, 1.82) is 0 Å². The van der Waals surface area contributed by atoms with E-state index in [2.05, 4.69) is 31.0 Å². The van der Waals surface area contributed by atoms with Crippen LogP contribution in [0.25, 0.3) is 11.3 Å². The summed E-state index contributed by atoms with van der Waals surface area (Å²) in [5.41, 5.74) is 2.44. The number of benzene rings is 1. The Labute approximate surface area is 245 Å². The predicted molar refractivity (Wildman–Crippen MR) is 149 cm³/mol. The largest absolute Gasteiger partial charge is 0.493 e. The number of nitrogens with zero attached hydrogens (tertiary/aromatic N) is 3. The maximum Gasteiger partial charge on any atom is 0.242 e. The molecule has 0 bridgehead atoms. The monoisotopic (exact) mass is 596 g/mol. The standard InChI is InChI=1S/C30H31F3N6O4/c1-13(2)25-18(11-43-39-25)28(40)36-27(24-17-8-19(31)20(32)9-22(17)42-12-30(24)5-6-30)29(41)35-16-7-21(33)26(34-10-16)23-14(3)37-38-15(23)4/h7-11,13,24,27-28,36,40H,5-6,12H2,1-4H3,(H,35,41)(H,37,38)/t24?,27-,28?/m0/s1. The molecule has 13 heteroatoms. The van der Waals surface area contributed by atoms with E-state index in [1.54, 1.807) is 13.8 Å². The number of anilines is 1. The fourth-order valence-corrected chi connectivity index (χ4v) is 5.99. The number of aliphatic hydroxyl groups is 1. The highest BCUT2D eigenvalue weighted by atomic mass is 19.2. The van der Waals surface area contributed by atoms with Crippen LogP contribution >= 0.6 is 0 Å². The fraction of sp³-hybridized carbons (Fsp3) is 0.400. The Morgan fingerprint density at radius 1 is 1.14 bits per heavy atom. The molecule has 10 nitrogen and oxygen atoms in total. The second-order valence-corrected chi connectivity index (χ2v) is 11.6. The molecule has 2 aliphatic rings. The summed E-state index contributed by atoms with van der Waals surface area (Å²) in [6, 6.07) is 1.96. The van der Waals surface area contributed by atoms with Crippen LogP contribution in [0.5, 0.6) is 5.75 Å². The Morgan fingerprint density at radius 2 is 1.88 bits per heavy atom. The number of aryl methyl sites for hydroxylation is 2. The van der Waals surface area contributed by atoms with Crippen LogP contribution in [0.15, 0.2) is 35.2 Å². The number of rotatable bonds is 8. The van der Waals surface area contributed by atoms with Gasteiger partial charge in [-0.05, 0) is 38.7 Å². The van der Waals surface area contributed by atoms with E-state index in [-0.39, 0.29) is 29.7 Å². The molecule has 6 rings (SSSR count). The molecule has 0 radical (unpaired) electrons. The third-order valence-corrected chi connectivity index (χ3v) is 8.35. The first kappa shape index (κ1) is 28.9. The van der Waals surface area contributed by atoms with E-state index in [1.807, 2.05) is 13.8 Å². The molecule has 43 heavy (non-hydrogen) atoms. The topological polar surface area (TPSA) is 138 Å². The fourth-order valence-electron chi connectivity index (χ4n) is 5.99. The number of ether oxygens (including phenoxy) is 1. The number of aliphatic hydroxyl groups excluding tert-OH is 1. The number of fused-ring (bicyclic) bond motifs is 1. The zero-order valence-electron chi connectivity index (χ0n) is 24.0. The lowest BCUT2D eigenvalue weighted by Gasteiger charge is -2.39. The summed E-state index contributed by atoms with van der Waals surface area (Å²) in [5.74, 6) is -4.17. The number of carbonyl (C=O) groups excluding carboxylic acids is 1.